The highest BCUT2D eigenvalue weighted by molar-refractivity contribution is 14.1. The molecular formula is C14H8ClFINO3. The standard InChI is InChI=1S/C14H8ClFINO3/c15-9-5-7(1-3-11(9)17)13(19)18-12-4-2-8(14(20)21)6-10(12)16/h1-6H,(H,18,19)(H,20,21). The van der Waals surface area contributed by atoms with Crippen LogP contribution in [0.3, 0.4) is 0 Å². The van der Waals surface area contributed by atoms with Crippen LogP contribution in [-0.2, 0) is 0 Å². The summed E-state index contributed by atoms with van der Waals surface area (Å²) in [6.45, 7) is 0. The Hall–Kier alpha value is -1.67. The van der Waals surface area contributed by atoms with Crippen LogP contribution in [0.2, 0.25) is 5.02 Å². The molecule has 2 N–H and O–H groups in total. The van der Waals surface area contributed by atoms with Crippen molar-refractivity contribution in [2.75, 3.05) is 5.32 Å². The Morgan fingerprint density at radius 1 is 1.14 bits per heavy atom. The summed E-state index contributed by atoms with van der Waals surface area (Å²) in [5, 5.41) is 11.5. The molecule has 7 heteroatoms. The van der Waals surface area contributed by atoms with Crippen molar-refractivity contribution in [3.05, 3.63) is 61.9 Å². The first-order valence-electron chi connectivity index (χ1n) is 5.67. The SMILES string of the molecule is O=C(O)c1ccc(NC(=O)c2ccc(I)c(Cl)c2)c(F)c1. The number of carboxylic acids is 1. The number of hydrogen-bond donors (Lipinski definition) is 2. The van der Waals surface area contributed by atoms with E-state index in [1.165, 1.54) is 18.2 Å². The number of rotatable bonds is 3. The largest absolute Gasteiger partial charge is 0.478 e. The molecule has 0 saturated carbocycles. The summed E-state index contributed by atoms with van der Waals surface area (Å²) in [4.78, 5) is 22.7. The van der Waals surface area contributed by atoms with E-state index >= 15 is 0 Å². The van der Waals surface area contributed by atoms with E-state index in [1.807, 2.05) is 22.6 Å². The molecule has 0 aliphatic heterocycles. The van der Waals surface area contributed by atoms with Gasteiger partial charge in [-0.2, -0.15) is 0 Å². The van der Waals surface area contributed by atoms with Crippen molar-refractivity contribution >= 4 is 51.8 Å². The molecule has 0 aliphatic rings. The number of carbonyl (C=O) groups is 2. The Balaban J connectivity index is 2.23. The molecule has 0 unspecified atom stereocenters. The molecule has 1 amide bonds. The number of carboxylic acid groups (broad SMARTS) is 1. The first-order chi connectivity index (χ1) is 9.88. The molecular weight excluding hydrogens is 412 g/mol. The molecule has 0 fully saturated rings. The number of hydrogen-bond acceptors (Lipinski definition) is 2. The van der Waals surface area contributed by atoms with E-state index in [1.54, 1.807) is 12.1 Å². The predicted octanol–water partition coefficient (Wildman–Crippen LogP) is 4.03. The van der Waals surface area contributed by atoms with Gasteiger partial charge >= 0.3 is 5.97 Å². The number of benzene rings is 2. The average Bonchev–Trinajstić information content (AvgIpc) is 2.43. The first-order valence-corrected chi connectivity index (χ1v) is 7.13. The summed E-state index contributed by atoms with van der Waals surface area (Å²) < 4.78 is 14.5. The van der Waals surface area contributed by atoms with Crippen LogP contribution in [0, 0.1) is 9.39 Å². The third-order valence-corrected chi connectivity index (χ3v) is 4.22. The molecule has 0 heterocycles. The van der Waals surface area contributed by atoms with Crippen molar-refractivity contribution in [1.82, 2.24) is 0 Å². The van der Waals surface area contributed by atoms with Gasteiger partial charge in [0.2, 0.25) is 0 Å². The fraction of sp³-hybridized carbons (Fsp3) is 0. The summed E-state index contributed by atoms with van der Waals surface area (Å²) in [5.74, 6) is -2.59. The minimum atomic E-state index is -1.24. The second-order valence-corrected chi connectivity index (χ2v) is 5.65. The van der Waals surface area contributed by atoms with Crippen molar-refractivity contribution in [1.29, 1.82) is 0 Å². The Bertz CT molecular complexity index is 736. The van der Waals surface area contributed by atoms with E-state index in [4.69, 9.17) is 16.7 Å². The second kappa shape index (κ2) is 6.40. The van der Waals surface area contributed by atoms with Crippen LogP contribution >= 0.6 is 34.2 Å². The molecule has 0 aromatic heterocycles. The molecule has 21 heavy (non-hydrogen) atoms. The van der Waals surface area contributed by atoms with E-state index in [0.717, 1.165) is 9.64 Å². The van der Waals surface area contributed by atoms with Gasteiger partial charge in [-0.1, -0.05) is 11.6 Å². The summed E-state index contributed by atoms with van der Waals surface area (Å²) >= 11 is 7.94. The number of carbonyl (C=O) groups excluding carboxylic acids is 1. The molecule has 2 aromatic carbocycles. The van der Waals surface area contributed by atoms with E-state index in [0.29, 0.717) is 5.02 Å². The lowest BCUT2D eigenvalue weighted by Gasteiger charge is -2.08. The van der Waals surface area contributed by atoms with Gasteiger partial charge in [-0.15, -0.1) is 0 Å². The zero-order valence-electron chi connectivity index (χ0n) is 10.4. The molecule has 2 rings (SSSR count). The zero-order valence-corrected chi connectivity index (χ0v) is 13.3. The zero-order chi connectivity index (χ0) is 15.6. The van der Waals surface area contributed by atoms with Crippen LogP contribution in [0.1, 0.15) is 20.7 Å². The highest BCUT2D eigenvalue weighted by Gasteiger charge is 2.13. The van der Waals surface area contributed by atoms with Crippen LogP contribution in [0.4, 0.5) is 10.1 Å². The van der Waals surface area contributed by atoms with Gasteiger partial charge in [0.1, 0.15) is 5.82 Å². The molecule has 0 spiro atoms. The Kier molecular flexibility index (Phi) is 4.79. The summed E-state index contributed by atoms with van der Waals surface area (Å²) in [7, 11) is 0. The number of anilines is 1. The lowest BCUT2D eigenvalue weighted by Crippen LogP contribution is -2.13. The van der Waals surface area contributed by atoms with Gasteiger partial charge in [0.05, 0.1) is 16.3 Å². The maximum Gasteiger partial charge on any atom is 0.335 e. The molecule has 0 atom stereocenters. The van der Waals surface area contributed by atoms with E-state index in [2.05, 4.69) is 5.32 Å². The van der Waals surface area contributed by atoms with Crippen LogP contribution in [-0.4, -0.2) is 17.0 Å². The van der Waals surface area contributed by atoms with Crippen LogP contribution < -0.4 is 5.32 Å². The second-order valence-electron chi connectivity index (χ2n) is 4.08. The number of aromatic carboxylic acids is 1. The molecule has 0 radical (unpaired) electrons. The number of halogens is 3. The number of amides is 1. The van der Waals surface area contributed by atoms with Gasteiger partial charge < -0.3 is 10.4 Å². The predicted molar refractivity (Wildman–Crippen MR) is 85.5 cm³/mol. The highest BCUT2D eigenvalue weighted by atomic mass is 127. The van der Waals surface area contributed by atoms with Crippen molar-refractivity contribution in [3.63, 3.8) is 0 Å². The van der Waals surface area contributed by atoms with Crippen molar-refractivity contribution in [3.8, 4) is 0 Å². The van der Waals surface area contributed by atoms with Gasteiger partial charge in [-0.25, -0.2) is 9.18 Å². The Morgan fingerprint density at radius 3 is 2.38 bits per heavy atom. The quantitative estimate of drug-likeness (QED) is 0.738. The van der Waals surface area contributed by atoms with Crippen LogP contribution in [0.25, 0.3) is 0 Å². The van der Waals surface area contributed by atoms with Gasteiger partial charge in [0.15, 0.2) is 0 Å². The maximum atomic E-state index is 13.7. The van der Waals surface area contributed by atoms with E-state index < -0.39 is 17.7 Å². The minimum absolute atomic E-state index is 0.0975. The number of nitrogens with one attached hydrogen (secondary N) is 1. The van der Waals surface area contributed by atoms with Crippen molar-refractivity contribution in [2.45, 2.75) is 0 Å². The summed E-state index contributed by atoms with van der Waals surface area (Å²) in [6.07, 6.45) is 0. The molecule has 0 bridgehead atoms. The molecule has 4 nitrogen and oxygen atoms in total. The van der Waals surface area contributed by atoms with Crippen molar-refractivity contribution in [2.24, 2.45) is 0 Å². The Labute approximate surface area is 138 Å². The fourth-order valence-corrected chi connectivity index (χ4v) is 2.10. The van der Waals surface area contributed by atoms with Gasteiger partial charge in [-0.05, 0) is 59.0 Å². The summed E-state index contributed by atoms with van der Waals surface area (Å²) in [5.41, 5.74) is -0.00962. The third kappa shape index (κ3) is 3.70. The lowest BCUT2D eigenvalue weighted by atomic mass is 10.1. The normalized spacial score (nSPS) is 10.2. The Morgan fingerprint density at radius 2 is 1.81 bits per heavy atom. The average molecular weight is 420 g/mol. The van der Waals surface area contributed by atoms with Gasteiger partial charge in [0, 0.05) is 9.13 Å². The summed E-state index contributed by atoms with van der Waals surface area (Å²) in [6, 6.07) is 7.96. The smallest absolute Gasteiger partial charge is 0.335 e. The van der Waals surface area contributed by atoms with Crippen molar-refractivity contribution < 1.29 is 19.1 Å². The van der Waals surface area contributed by atoms with E-state index in [9.17, 15) is 14.0 Å². The monoisotopic (exact) mass is 419 g/mol. The molecule has 2 aromatic rings. The van der Waals surface area contributed by atoms with Gasteiger partial charge in [0.25, 0.3) is 5.91 Å². The minimum Gasteiger partial charge on any atom is -0.478 e. The molecule has 108 valence electrons. The maximum absolute atomic E-state index is 13.7. The van der Waals surface area contributed by atoms with Crippen LogP contribution in [0.15, 0.2) is 36.4 Å². The van der Waals surface area contributed by atoms with E-state index in [-0.39, 0.29) is 16.8 Å². The molecule has 0 saturated heterocycles. The van der Waals surface area contributed by atoms with Crippen LogP contribution in [0.5, 0.6) is 0 Å². The lowest BCUT2D eigenvalue weighted by molar-refractivity contribution is 0.0696. The topological polar surface area (TPSA) is 66.4 Å². The van der Waals surface area contributed by atoms with Gasteiger partial charge in [-0.3, -0.25) is 4.79 Å². The molecule has 0 aliphatic carbocycles. The highest BCUT2D eigenvalue weighted by Crippen LogP contribution is 2.21. The first kappa shape index (κ1) is 15.7. The third-order valence-electron chi connectivity index (χ3n) is 2.65. The fourth-order valence-electron chi connectivity index (χ4n) is 1.58.